The zero-order valence-corrected chi connectivity index (χ0v) is 9.18. The molecule has 2 aromatic rings. The van der Waals surface area contributed by atoms with Crippen molar-refractivity contribution >= 4 is 11.5 Å². The van der Waals surface area contributed by atoms with Crippen LogP contribution in [0.15, 0.2) is 41.1 Å². The summed E-state index contributed by atoms with van der Waals surface area (Å²) < 4.78 is 5.28. The summed E-state index contributed by atoms with van der Waals surface area (Å²) in [7, 11) is 0. The highest BCUT2D eigenvalue weighted by atomic mass is 16.3. The van der Waals surface area contributed by atoms with Crippen molar-refractivity contribution in [2.24, 2.45) is 0 Å². The summed E-state index contributed by atoms with van der Waals surface area (Å²) in [5.74, 6) is 1.75. The number of anilines is 2. The number of nitrogens with zero attached hydrogens (tertiary/aromatic N) is 1. The number of nitrogens with two attached hydrogens (primary N) is 1. The van der Waals surface area contributed by atoms with E-state index in [4.69, 9.17) is 10.2 Å². The molecule has 4 nitrogen and oxygen atoms in total. The largest absolute Gasteiger partial charge is 0.469 e. The fourth-order valence-electron chi connectivity index (χ4n) is 1.56. The highest BCUT2D eigenvalue weighted by molar-refractivity contribution is 5.48. The summed E-state index contributed by atoms with van der Waals surface area (Å²) in [4.78, 5) is 4.19. The van der Waals surface area contributed by atoms with Gasteiger partial charge in [-0.3, -0.25) is 0 Å². The van der Waals surface area contributed by atoms with Crippen molar-refractivity contribution in [2.75, 3.05) is 11.1 Å². The monoisotopic (exact) mass is 217 g/mol. The zero-order valence-electron chi connectivity index (χ0n) is 9.18. The van der Waals surface area contributed by atoms with E-state index < -0.39 is 0 Å². The Bertz CT molecular complexity index is 439. The Morgan fingerprint density at radius 2 is 2.38 bits per heavy atom. The molecule has 16 heavy (non-hydrogen) atoms. The standard InChI is InChI=1S/C12H15N3O/c1-9(7-11-3-2-6-16-11)15-12-8-10(13)4-5-14-12/h2-6,8-9H,7H2,1H3,(H3,13,14,15). The average molecular weight is 217 g/mol. The first-order valence-corrected chi connectivity index (χ1v) is 5.24. The summed E-state index contributed by atoms with van der Waals surface area (Å²) in [6, 6.07) is 7.69. The van der Waals surface area contributed by atoms with Gasteiger partial charge >= 0.3 is 0 Å². The van der Waals surface area contributed by atoms with E-state index >= 15 is 0 Å². The average Bonchev–Trinajstić information content (AvgIpc) is 2.70. The van der Waals surface area contributed by atoms with Crippen LogP contribution in [0.25, 0.3) is 0 Å². The third kappa shape index (κ3) is 2.76. The summed E-state index contributed by atoms with van der Waals surface area (Å²) in [5.41, 5.74) is 6.38. The maximum Gasteiger partial charge on any atom is 0.128 e. The van der Waals surface area contributed by atoms with Crippen molar-refractivity contribution in [3.05, 3.63) is 42.5 Å². The van der Waals surface area contributed by atoms with E-state index in [-0.39, 0.29) is 6.04 Å². The van der Waals surface area contributed by atoms with Crippen LogP contribution < -0.4 is 11.1 Å². The number of nitrogens with one attached hydrogen (secondary N) is 1. The van der Waals surface area contributed by atoms with Crippen LogP contribution in [0.1, 0.15) is 12.7 Å². The first-order valence-electron chi connectivity index (χ1n) is 5.24. The maximum absolute atomic E-state index is 5.67. The predicted molar refractivity (Wildman–Crippen MR) is 64.1 cm³/mol. The minimum atomic E-state index is 0.250. The zero-order chi connectivity index (χ0) is 11.4. The molecule has 0 fully saturated rings. The smallest absolute Gasteiger partial charge is 0.128 e. The fourth-order valence-corrected chi connectivity index (χ4v) is 1.56. The third-order valence-electron chi connectivity index (χ3n) is 2.27. The van der Waals surface area contributed by atoms with Gasteiger partial charge in [-0.1, -0.05) is 0 Å². The molecule has 0 aliphatic carbocycles. The topological polar surface area (TPSA) is 64.1 Å². The van der Waals surface area contributed by atoms with Crippen LogP contribution in [0.4, 0.5) is 11.5 Å². The second kappa shape index (κ2) is 4.70. The lowest BCUT2D eigenvalue weighted by Gasteiger charge is -2.13. The molecule has 3 N–H and O–H groups in total. The number of nitrogen functional groups attached to an aromatic ring is 1. The van der Waals surface area contributed by atoms with E-state index in [0.717, 1.165) is 18.0 Å². The van der Waals surface area contributed by atoms with Crippen LogP contribution in [-0.4, -0.2) is 11.0 Å². The van der Waals surface area contributed by atoms with Gasteiger partial charge in [-0.2, -0.15) is 0 Å². The Hall–Kier alpha value is -1.97. The Labute approximate surface area is 94.5 Å². The van der Waals surface area contributed by atoms with Crippen LogP contribution in [0.2, 0.25) is 0 Å². The van der Waals surface area contributed by atoms with Gasteiger partial charge < -0.3 is 15.5 Å². The van der Waals surface area contributed by atoms with E-state index in [0.29, 0.717) is 5.69 Å². The lowest BCUT2D eigenvalue weighted by molar-refractivity contribution is 0.497. The van der Waals surface area contributed by atoms with Crippen LogP contribution in [0.5, 0.6) is 0 Å². The molecular weight excluding hydrogens is 202 g/mol. The number of aromatic nitrogens is 1. The van der Waals surface area contributed by atoms with Crippen LogP contribution in [0.3, 0.4) is 0 Å². The van der Waals surface area contributed by atoms with Crippen molar-refractivity contribution < 1.29 is 4.42 Å². The highest BCUT2D eigenvalue weighted by Gasteiger charge is 2.06. The number of hydrogen-bond acceptors (Lipinski definition) is 4. The van der Waals surface area contributed by atoms with Crippen LogP contribution in [-0.2, 0) is 6.42 Å². The molecule has 1 unspecified atom stereocenters. The van der Waals surface area contributed by atoms with Crippen molar-refractivity contribution in [2.45, 2.75) is 19.4 Å². The SMILES string of the molecule is CC(Cc1ccco1)Nc1cc(N)ccn1. The number of pyridine rings is 1. The van der Waals surface area contributed by atoms with E-state index in [1.807, 2.05) is 18.2 Å². The van der Waals surface area contributed by atoms with Crippen LogP contribution in [0, 0.1) is 0 Å². The van der Waals surface area contributed by atoms with Gasteiger partial charge in [0.2, 0.25) is 0 Å². The number of rotatable bonds is 4. The highest BCUT2D eigenvalue weighted by Crippen LogP contribution is 2.11. The van der Waals surface area contributed by atoms with Gasteiger partial charge in [0.1, 0.15) is 11.6 Å². The Morgan fingerprint density at radius 3 is 3.06 bits per heavy atom. The number of furan rings is 1. The van der Waals surface area contributed by atoms with E-state index in [9.17, 15) is 0 Å². The first kappa shape index (κ1) is 10.5. The predicted octanol–water partition coefficient (Wildman–Crippen LogP) is 2.30. The lowest BCUT2D eigenvalue weighted by Crippen LogP contribution is -2.18. The molecule has 0 amide bonds. The molecule has 0 saturated heterocycles. The van der Waals surface area contributed by atoms with Crippen molar-refractivity contribution in [3.8, 4) is 0 Å². The molecule has 0 saturated carbocycles. The minimum Gasteiger partial charge on any atom is -0.469 e. The lowest BCUT2D eigenvalue weighted by atomic mass is 10.2. The van der Waals surface area contributed by atoms with Crippen molar-refractivity contribution in [3.63, 3.8) is 0 Å². The Balaban J connectivity index is 1.94. The van der Waals surface area contributed by atoms with Gasteiger partial charge in [0.05, 0.1) is 6.26 Å². The van der Waals surface area contributed by atoms with Gasteiger partial charge in [-0.25, -0.2) is 4.98 Å². The van der Waals surface area contributed by atoms with Crippen LogP contribution >= 0.6 is 0 Å². The quantitative estimate of drug-likeness (QED) is 0.824. The van der Waals surface area contributed by atoms with Crippen molar-refractivity contribution in [1.29, 1.82) is 0 Å². The van der Waals surface area contributed by atoms with E-state index in [1.165, 1.54) is 0 Å². The molecule has 84 valence electrons. The summed E-state index contributed by atoms with van der Waals surface area (Å²) in [6.07, 6.45) is 4.20. The van der Waals surface area contributed by atoms with E-state index in [2.05, 4.69) is 17.2 Å². The molecule has 2 aromatic heterocycles. The maximum atomic E-state index is 5.67. The van der Waals surface area contributed by atoms with Gasteiger partial charge in [0, 0.05) is 30.4 Å². The van der Waals surface area contributed by atoms with E-state index in [1.54, 1.807) is 18.5 Å². The minimum absolute atomic E-state index is 0.250. The summed E-state index contributed by atoms with van der Waals surface area (Å²) in [5, 5.41) is 3.27. The molecule has 1 atom stereocenters. The fraction of sp³-hybridized carbons (Fsp3) is 0.250. The van der Waals surface area contributed by atoms with Gasteiger partial charge in [0.15, 0.2) is 0 Å². The molecule has 0 aliphatic rings. The molecule has 2 rings (SSSR count). The second-order valence-electron chi connectivity index (χ2n) is 3.80. The third-order valence-corrected chi connectivity index (χ3v) is 2.27. The van der Waals surface area contributed by atoms with Gasteiger partial charge in [-0.15, -0.1) is 0 Å². The molecule has 0 spiro atoms. The summed E-state index contributed by atoms with van der Waals surface area (Å²) >= 11 is 0. The molecule has 2 heterocycles. The molecule has 4 heteroatoms. The Kier molecular flexibility index (Phi) is 3.10. The second-order valence-corrected chi connectivity index (χ2v) is 3.80. The molecule has 0 radical (unpaired) electrons. The first-order chi connectivity index (χ1) is 7.74. The number of hydrogen-bond donors (Lipinski definition) is 2. The summed E-state index contributed by atoms with van der Waals surface area (Å²) in [6.45, 7) is 2.08. The molecular formula is C12H15N3O. The normalized spacial score (nSPS) is 12.3. The molecule has 0 bridgehead atoms. The Morgan fingerprint density at radius 1 is 1.50 bits per heavy atom. The molecule has 0 aromatic carbocycles. The molecule has 0 aliphatic heterocycles. The van der Waals surface area contributed by atoms with Crippen molar-refractivity contribution in [1.82, 2.24) is 4.98 Å². The van der Waals surface area contributed by atoms with Gasteiger partial charge in [-0.05, 0) is 25.1 Å². The van der Waals surface area contributed by atoms with Gasteiger partial charge in [0.25, 0.3) is 0 Å².